The first-order chi connectivity index (χ1) is 9.13. The van der Waals surface area contributed by atoms with Gasteiger partial charge in [0.2, 0.25) is 0 Å². The Morgan fingerprint density at radius 2 is 1.79 bits per heavy atom. The van der Waals surface area contributed by atoms with Crippen LogP contribution in [0.15, 0.2) is 24.3 Å². The lowest BCUT2D eigenvalue weighted by molar-refractivity contribution is 0.140. The molecule has 1 aliphatic carbocycles. The second-order valence-electron chi connectivity index (χ2n) is 6.02. The van der Waals surface area contributed by atoms with E-state index in [0.29, 0.717) is 5.41 Å². The molecule has 3 heteroatoms. The molecule has 2 rings (SSSR count). The summed E-state index contributed by atoms with van der Waals surface area (Å²) in [5, 5.41) is 0.811. The first-order valence-electron chi connectivity index (χ1n) is 7.17. The van der Waals surface area contributed by atoms with Crippen molar-refractivity contribution < 1.29 is 0 Å². The molecule has 19 heavy (non-hydrogen) atoms. The highest BCUT2D eigenvalue weighted by atomic mass is 35.5. The SMILES string of the molecule is CN(Cc1ccc(Cl)cc1)CC1(CS)CCCCC1. The molecule has 0 radical (unpaired) electrons. The third-order valence-corrected chi connectivity index (χ3v) is 5.14. The van der Waals surface area contributed by atoms with Crippen LogP contribution in [0, 0.1) is 5.41 Å². The fourth-order valence-corrected chi connectivity index (χ4v) is 3.74. The van der Waals surface area contributed by atoms with Gasteiger partial charge in [0.1, 0.15) is 0 Å². The van der Waals surface area contributed by atoms with Crippen molar-refractivity contribution >= 4 is 24.2 Å². The van der Waals surface area contributed by atoms with Gasteiger partial charge in [-0.3, -0.25) is 0 Å². The minimum Gasteiger partial charge on any atom is -0.302 e. The number of hydrogen-bond acceptors (Lipinski definition) is 2. The maximum absolute atomic E-state index is 5.92. The molecule has 1 nitrogen and oxygen atoms in total. The average Bonchev–Trinajstić information content (AvgIpc) is 2.42. The summed E-state index contributed by atoms with van der Waals surface area (Å²) in [4.78, 5) is 2.44. The predicted octanol–water partition coefficient (Wildman–Crippen LogP) is 4.65. The van der Waals surface area contributed by atoms with Gasteiger partial charge < -0.3 is 4.90 Å². The molecule has 0 unspecified atom stereocenters. The highest BCUT2D eigenvalue weighted by Crippen LogP contribution is 2.38. The van der Waals surface area contributed by atoms with Gasteiger partial charge in [0.25, 0.3) is 0 Å². The quantitative estimate of drug-likeness (QED) is 0.774. The summed E-state index contributed by atoms with van der Waals surface area (Å²) in [5.41, 5.74) is 1.76. The van der Waals surface area contributed by atoms with Crippen molar-refractivity contribution in [3.05, 3.63) is 34.9 Å². The maximum Gasteiger partial charge on any atom is 0.0406 e. The lowest BCUT2D eigenvalue weighted by atomic mass is 9.75. The summed E-state index contributed by atoms with van der Waals surface area (Å²) in [6.45, 7) is 2.14. The summed E-state index contributed by atoms with van der Waals surface area (Å²) in [6.07, 6.45) is 6.81. The zero-order valence-corrected chi connectivity index (χ0v) is 13.4. The molecule has 0 aliphatic heterocycles. The Hall–Kier alpha value is -0.180. The van der Waals surface area contributed by atoms with Gasteiger partial charge in [-0.15, -0.1) is 0 Å². The molecular formula is C16H24ClNS. The molecule has 1 aromatic rings. The number of halogens is 1. The van der Waals surface area contributed by atoms with Gasteiger partial charge >= 0.3 is 0 Å². The lowest BCUT2D eigenvalue weighted by Gasteiger charge is -2.39. The molecule has 0 saturated heterocycles. The average molecular weight is 298 g/mol. The van der Waals surface area contributed by atoms with E-state index in [1.807, 2.05) is 12.1 Å². The molecule has 1 aromatic carbocycles. The highest BCUT2D eigenvalue weighted by molar-refractivity contribution is 7.80. The van der Waals surface area contributed by atoms with Crippen LogP contribution in [0.5, 0.6) is 0 Å². The number of benzene rings is 1. The van der Waals surface area contributed by atoms with E-state index in [4.69, 9.17) is 11.6 Å². The second kappa shape index (κ2) is 7.01. The van der Waals surface area contributed by atoms with Crippen LogP contribution in [0.1, 0.15) is 37.7 Å². The molecule has 0 N–H and O–H groups in total. The minimum atomic E-state index is 0.433. The molecule has 0 bridgehead atoms. The summed E-state index contributed by atoms with van der Waals surface area (Å²) >= 11 is 10.5. The van der Waals surface area contributed by atoms with E-state index in [0.717, 1.165) is 23.9 Å². The molecule has 1 saturated carbocycles. The Kier molecular flexibility index (Phi) is 5.61. The van der Waals surface area contributed by atoms with Gasteiger partial charge in [0.15, 0.2) is 0 Å². The van der Waals surface area contributed by atoms with Crippen molar-refractivity contribution in [2.45, 2.75) is 38.6 Å². The van der Waals surface area contributed by atoms with E-state index in [1.165, 1.54) is 37.7 Å². The summed E-state index contributed by atoms with van der Waals surface area (Å²) in [7, 11) is 2.22. The van der Waals surface area contributed by atoms with Crippen molar-refractivity contribution in [1.29, 1.82) is 0 Å². The number of thiol groups is 1. The Bertz CT molecular complexity index is 384. The van der Waals surface area contributed by atoms with Crippen molar-refractivity contribution in [1.82, 2.24) is 4.90 Å². The van der Waals surface area contributed by atoms with Crippen LogP contribution in [-0.4, -0.2) is 24.2 Å². The monoisotopic (exact) mass is 297 g/mol. The maximum atomic E-state index is 5.92. The Morgan fingerprint density at radius 1 is 1.16 bits per heavy atom. The van der Waals surface area contributed by atoms with E-state index in [2.05, 4.69) is 36.7 Å². The van der Waals surface area contributed by atoms with Crippen LogP contribution in [0.3, 0.4) is 0 Å². The molecule has 0 heterocycles. The van der Waals surface area contributed by atoms with E-state index < -0.39 is 0 Å². The number of nitrogens with zero attached hydrogens (tertiary/aromatic N) is 1. The third kappa shape index (κ3) is 4.40. The van der Waals surface area contributed by atoms with Crippen LogP contribution in [-0.2, 0) is 6.54 Å². The first kappa shape index (κ1) is 15.2. The number of rotatable bonds is 5. The van der Waals surface area contributed by atoms with E-state index in [-0.39, 0.29) is 0 Å². The van der Waals surface area contributed by atoms with Crippen LogP contribution >= 0.6 is 24.2 Å². The van der Waals surface area contributed by atoms with Gasteiger partial charge in [0, 0.05) is 18.1 Å². The lowest BCUT2D eigenvalue weighted by Crippen LogP contribution is -2.38. The fourth-order valence-electron chi connectivity index (χ4n) is 3.20. The van der Waals surface area contributed by atoms with Gasteiger partial charge in [-0.2, -0.15) is 12.6 Å². The standard InChI is InChI=1S/C16H24ClNS/c1-18(11-14-5-7-15(17)8-6-14)12-16(13-19)9-3-2-4-10-16/h5-8,19H,2-4,9-13H2,1H3. The van der Waals surface area contributed by atoms with Crippen molar-refractivity contribution in [3.8, 4) is 0 Å². The zero-order valence-electron chi connectivity index (χ0n) is 11.7. The summed E-state index contributed by atoms with van der Waals surface area (Å²) in [5.74, 6) is 1.01. The first-order valence-corrected chi connectivity index (χ1v) is 8.18. The molecule has 1 aliphatic rings. The van der Waals surface area contributed by atoms with Crippen LogP contribution in [0.4, 0.5) is 0 Å². The second-order valence-corrected chi connectivity index (χ2v) is 6.77. The van der Waals surface area contributed by atoms with Crippen LogP contribution < -0.4 is 0 Å². The summed E-state index contributed by atoms with van der Waals surface area (Å²) in [6, 6.07) is 8.18. The third-order valence-electron chi connectivity index (χ3n) is 4.22. The summed E-state index contributed by atoms with van der Waals surface area (Å²) < 4.78 is 0. The Morgan fingerprint density at radius 3 is 2.37 bits per heavy atom. The Labute approximate surface area is 127 Å². The van der Waals surface area contributed by atoms with Crippen molar-refractivity contribution in [2.24, 2.45) is 5.41 Å². The highest BCUT2D eigenvalue weighted by Gasteiger charge is 2.31. The van der Waals surface area contributed by atoms with Gasteiger partial charge in [0.05, 0.1) is 0 Å². The van der Waals surface area contributed by atoms with Crippen LogP contribution in [0.25, 0.3) is 0 Å². The molecular weight excluding hydrogens is 274 g/mol. The van der Waals surface area contributed by atoms with Gasteiger partial charge in [-0.1, -0.05) is 43.0 Å². The van der Waals surface area contributed by atoms with E-state index in [1.54, 1.807) is 0 Å². The largest absolute Gasteiger partial charge is 0.302 e. The Balaban J connectivity index is 1.92. The topological polar surface area (TPSA) is 3.24 Å². The van der Waals surface area contributed by atoms with Crippen molar-refractivity contribution in [3.63, 3.8) is 0 Å². The van der Waals surface area contributed by atoms with E-state index >= 15 is 0 Å². The predicted molar refractivity (Wildman–Crippen MR) is 87.2 cm³/mol. The minimum absolute atomic E-state index is 0.433. The smallest absolute Gasteiger partial charge is 0.0406 e. The normalized spacial score (nSPS) is 18.7. The molecule has 0 spiro atoms. The number of hydrogen-bond donors (Lipinski definition) is 1. The molecule has 0 aromatic heterocycles. The molecule has 0 atom stereocenters. The molecule has 106 valence electrons. The van der Waals surface area contributed by atoms with Crippen LogP contribution in [0.2, 0.25) is 5.02 Å². The zero-order chi connectivity index (χ0) is 13.7. The van der Waals surface area contributed by atoms with Crippen molar-refractivity contribution in [2.75, 3.05) is 19.3 Å². The fraction of sp³-hybridized carbons (Fsp3) is 0.625. The molecule has 0 amide bonds. The van der Waals surface area contributed by atoms with Gasteiger partial charge in [-0.25, -0.2) is 0 Å². The molecule has 1 fully saturated rings. The van der Waals surface area contributed by atoms with Gasteiger partial charge in [-0.05, 0) is 48.8 Å². The van der Waals surface area contributed by atoms with E-state index in [9.17, 15) is 0 Å².